The summed E-state index contributed by atoms with van der Waals surface area (Å²) in [6.45, 7) is 1.37. The van der Waals surface area contributed by atoms with Gasteiger partial charge in [-0.1, -0.05) is 0 Å². The van der Waals surface area contributed by atoms with Crippen LogP contribution in [-0.4, -0.2) is 34.9 Å². The van der Waals surface area contributed by atoms with Gasteiger partial charge in [-0.3, -0.25) is 4.79 Å². The minimum absolute atomic E-state index is 0.0497. The highest BCUT2D eigenvalue weighted by Crippen LogP contribution is 2.20. The summed E-state index contributed by atoms with van der Waals surface area (Å²) in [6, 6.07) is 2.01. The van der Waals surface area contributed by atoms with Crippen molar-refractivity contribution in [1.82, 2.24) is 9.88 Å². The van der Waals surface area contributed by atoms with E-state index in [0.717, 1.165) is 23.9 Å². The van der Waals surface area contributed by atoms with Gasteiger partial charge < -0.3 is 15.6 Å². The summed E-state index contributed by atoms with van der Waals surface area (Å²) >= 11 is 3.31. The number of rotatable bonds is 2. The molecule has 1 aromatic rings. The molecule has 0 spiro atoms. The largest absolute Gasteiger partial charge is 0.356 e. The Morgan fingerprint density at radius 1 is 1.73 bits per heavy atom. The Balaban J connectivity index is 2.13. The molecule has 0 aliphatic carbocycles. The zero-order chi connectivity index (χ0) is 10.8. The molecule has 1 atom stereocenters. The first-order chi connectivity index (χ1) is 7.22. The molecule has 1 unspecified atom stereocenters. The number of amides is 1. The second-order valence-electron chi connectivity index (χ2n) is 3.76. The lowest BCUT2D eigenvalue weighted by molar-refractivity contribution is 0.0736. The fourth-order valence-electron chi connectivity index (χ4n) is 1.99. The fraction of sp³-hybridized carbons (Fsp3) is 0.500. The second kappa shape index (κ2) is 4.37. The van der Waals surface area contributed by atoms with E-state index in [2.05, 4.69) is 20.9 Å². The van der Waals surface area contributed by atoms with Crippen molar-refractivity contribution in [3.05, 3.63) is 22.4 Å². The number of likely N-dealkylation sites (tertiary alicyclic amines) is 1. The quantitative estimate of drug-likeness (QED) is 0.853. The van der Waals surface area contributed by atoms with E-state index in [4.69, 9.17) is 5.73 Å². The molecular formula is C10H14BrN3O. The summed E-state index contributed by atoms with van der Waals surface area (Å²) < 4.78 is 0.898. The lowest BCUT2D eigenvalue weighted by Crippen LogP contribution is -2.40. The third kappa shape index (κ3) is 2.08. The van der Waals surface area contributed by atoms with Crippen LogP contribution in [0, 0.1) is 0 Å². The zero-order valence-electron chi connectivity index (χ0n) is 8.37. The molecule has 1 amide bonds. The maximum absolute atomic E-state index is 12.0. The molecule has 82 valence electrons. The van der Waals surface area contributed by atoms with Gasteiger partial charge in [-0.2, -0.15) is 0 Å². The van der Waals surface area contributed by atoms with Crippen LogP contribution in [0.4, 0.5) is 0 Å². The van der Waals surface area contributed by atoms with Crippen molar-refractivity contribution in [3.63, 3.8) is 0 Å². The fourth-order valence-corrected chi connectivity index (χ4v) is 2.34. The Morgan fingerprint density at radius 3 is 3.13 bits per heavy atom. The highest BCUT2D eigenvalue weighted by molar-refractivity contribution is 9.10. The monoisotopic (exact) mass is 271 g/mol. The van der Waals surface area contributed by atoms with Gasteiger partial charge >= 0.3 is 0 Å². The molecule has 1 aliphatic rings. The highest BCUT2D eigenvalue weighted by Gasteiger charge is 2.28. The topological polar surface area (TPSA) is 62.1 Å². The van der Waals surface area contributed by atoms with Gasteiger partial charge in [0.2, 0.25) is 0 Å². The highest BCUT2D eigenvalue weighted by atomic mass is 79.9. The first kappa shape index (κ1) is 10.7. The molecule has 2 rings (SSSR count). The molecule has 0 bridgehead atoms. The van der Waals surface area contributed by atoms with E-state index >= 15 is 0 Å². The maximum atomic E-state index is 12.0. The van der Waals surface area contributed by atoms with Crippen molar-refractivity contribution in [2.75, 3.05) is 13.1 Å². The molecule has 1 fully saturated rings. The van der Waals surface area contributed by atoms with Gasteiger partial charge in [-0.05, 0) is 34.8 Å². The number of aromatic nitrogens is 1. The van der Waals surface area contributed by atoms with Crippen molar-refractivity contribution in [2.24, 2.45) is 5.73 Å². The van der Waals surface area contributed by atoms with Crippen LogP contribution in [0.2, 0.25) is 0 Å². The Hall–Kier alpha value is -0.810. The number of nitrogens with one attached hydrogen (secondary N) is 1. The summed E-state index contributed by atoms with van der Waals surface area (Å²) in [7, 11) is 0. The van der Waals surface area contributed by atoms with E-state index in [0.29, 0.717) is 12.2 Å². The summed E-state index contributed by atoms with van der Waals surface area (Å²) in [6.07, 6.45) is 3.83. The zero-order valence-corrected chi connectivity index (χ0v) is 9.96. The molecule has 2 heterocycles. The Morgan fingerprint density at radius 2 is 2.53 bits per heavy atom. The number of carbonyl (C=O) groups is 1. The van der Waals surface area contributed by atoms with Gasteiger partial charge in [0.1, 0.15) is 5.69 Å². The number of hydrogen-bond acceptors (Lipinski definition) is 2. The molecule has 1 aromatic heterocycles. The van der Waals surface area contributed by atoms with E-state index in [1.807, 2.05) is 4.90 Å². The standard InChI is InChI=1S/C10H14BrN3O/c11-7-4-9(13-6-7)10(15)14-3-1-2-8(14)5-12/h4,6,8,13H,1-3,5,12H2. The third-order valence-electron chi connectivity index (χ3n) is 2.79. The lowest BCUT2D eigenvalue weighted by Gasteiger charge is -2.22. The summed E-state index contributed by atoms with van der Waals surface area (Å²) in [4.78, 5) is 16.9. The van der Waals surface area contributed by atoms with Gasteiger partial charge in [0, 0.05) is 29.8 Å². The van der Waals surface area contributed by atoms with Crippen molar-refractivity contribution >= 4 is 21.8 Å². The number of hydrogen-bond donors (Lipinski definition) is 2. The van der Waals surface area contributed by atoms with Crippen molar-refractivity contribution in [1.29, 1.82) is 0 Å². The summed E-state index contributed by atoms with van der Waals surface area (Å²) in [5, 5.41) is 0. The number of halogens is 1. The normalized spacial score (nSPS) is 20.9. The first-order valence-electron chi connectivity index (χ1n) is 5.07. The van der Waals surface area contributed by atoms with Crippen molar-refractivity contribution in [2.45, 2.75) is 18.9 Å². The SMILES string of the molecule is NCC1CCCN1C(=O)c1cc(Br)c[nH]1. The number of carbonyl (C=O) groups excluding carboxylic acids is 1. The average molecular weight is 272 g/mol. The molecule has 0 radical (unpaired) electrons. The smallest absolute Gasteiger partial charge is 0.270 e. The molecule has 0 aromatic carbocycles. The van der Waals surface area contributed by atoms with E-state index in [9.17, 15) is 4.79 Å². The van der Waals surface area contributed by atoms with Crippen LogP contribution in [0.3, 0.4) is 0 Å². The van der Waals surface area contributed by atoms with Crippen molar-refractivity contribution in [3.8, 4) is 0 Å². The molecular weight excluding hydrogens is 258 g/mol. The van der Waals surface area contributed by atoms with Crippen LogP contribution in [0.1, 0.15) is 23.3 Å². The van der Waals surface area contributed by atoms with Crippen LogP contribution >= 0.6 is 15.9 Å². The van der Waals surface area contributed by atoms with E-state index in [-0.39, 0.29) is 11.9 Å². The molecule has 5 heteroatoms. The Kier molecular flexibility index (Phi) is 3.11. The lowest BCUT2D eigenvalue weighted by atomic mass is 10.2. The van der Waals surface area contributed by atoms with Crippen LogP contribution in [0.15, 0.2) is 16.7 Å². The Bertz CT molecular complexity index is 363. The first-order valence-corrected chi connectivity index (χ1v) is 5.86. The van der Waals surface area contributed by atoms with Gasteiger partial charge in [0.15, 0.2) is 0 Å². The molecule has 1 saturated heterocycles. The number of H-pyrrole nitrogens is 1. The molecule has 1 aliphatic heterocycles. The van der Waals surface area contributed by atoms with Crippen molar-refractivity contribution < 1.29 is 4.79 Å². The number of aromatic amines is 1. The Labute approximate surface area is 97.0 Å². The third-order valence-corrected chi connectivity index (χ3v) is 3.25. The van der Waals surface area contributed by atoms with Gasteiger partial charge in [0.25, 0.3) is 5.91 Å². The van der Waals surface area contributed by atoms with Gasteiger partial charge in [-0.15, -0.1) is 0 Å². The van der Waals surface area contributed by atoms with E-state index < -0.39 is 0 Å². The molecule has 3 N–H and O–H groups in total. The molecule has 0 saturated carbocycles. The second-order valence-corrected chi connectivity index (χ2v) is 4.68. The van der Waals surface area contributed by atoms with Crippen LogP contribution in [0.25, 0.3) is 0 Å². The van der Waals surface area contributed by atoms with Gasteiger partial charge in [0.05, 0.1) is 0 Å². The van der Waals surface area contributed by atoms with Crippen LogP contribution in [0.5, 0.6) is 0 Å². The molecule has 4 nitrogen and oxygen atoms in total. The minimum atomic E-state index is 0.0497. The van der Waals surface area contributed by atoms with E-state index in [1.54, 1.807) is 12.3 Å². The summed E-state index contributed by atoms with van der Waals surface area (Å²) in [5.41, 5.74) is 6.26. The maximum Gasteiger partial charge on any atom is 0.270 e. The summed E-state index contributed by atoms with van der Waals surface area (Å²) in [5.74, 6) is 0.0497. The minimum Gasteiger partial charge on any atom is -0.356 e. The van der Waals surface area contributed by atoms with E-state index in [1.165, 1.54) is 0 Å². The van der Waals surface area contributed by atoms with Gasteiger partial charge in [-0.25, -0.2) is 0 Å². The molecule has 15 heavy (non-hydrogen) atoms. The average Bonchev–Trinajstić information content (AvgIpc) is 2.84. The van der Waals surface area contributed by atoms with Crippen LogP contribution in [-0.2, 0) is 0 Å². The van der Waals surface area contributed by atoms with Crippen LogP contribution < -0.4 is 5.73 Å². The number of nitrogens with two attached hydrogens (primary N) is 1. The number of nitrogens with zero attached hydrogens (tertiary/aromatic N) is 1. The predicted octanol–water partition coefficient (Wildman–Crippen LogP) is 1.34. The predicted molar refractivity (Wildman–Crippen MR) is 61.6 cm³/mol.